The molecule has 0 atom stereocenters. The molecule has 0 spiro atoms. The molecule has 9 heteroatoms. The van der Waals surface area contributed by atoms with E-state index in [1.165, 1.54) is 6.20 Å². The Morgan fingerprint density at radius 1 is 1.25 bits per heavy atom. The molecule has 5 nitrogen and oxygen atoms in total. The van der Waals surface area contributed by atoms with Crippen LogP contribution in [-0.2, 0) is 17.5 Å². The van der Waals surface area contributed by atoms with E-state index in [-0.39, 0.29) is 18.3 Å². The highest BCUT2D eigenvalue weighted by molar-refractivity contribution is 5.88. The maximum atomic E-state index is 12.5. The zero-order valence-electron chi connectivity index (χ0n) is 12.5. The van der Waals surface area contributed by atoms with Crippen LogP contribution in [0.15, 0.2) is 36.5 Å². The summed E-state index contributed by atoms with van der Waals surface area (Å²) in [6, 6.07) is 7.65. The van der Waals surface area contributed by atoms with Gasteiger partial charge in [0.2, 0.25) is 5.91 Å². The van der Waals surface area contributed by atoms with E-state index < -0.39 is 17.4 Å². The number of amides is 1. The molecular weight excluding hydrogens is 345 g/mol. The number of carbonyl (C=O) groups excluding carboxylic acids is 1. The lowest BCUT2D eigenvalue weighted by Crippen LogP contribution is -2.42. The number of halogens is 4. The topological polar surface area (TPSA) is 72.9 Å². The van der Waals surface area contributed by atoms with Crippen molar-refractivity contribution in [3.05, 3.63) is 47.8 Å². The van der Waals surface area contributed by atoms with Crippen molar-refractivity contribution >= 4 is 18.3 Å². The van der Waals surface area contributed by atoms with E-state index in [0.717, 1.165) is 16.3 Å². The molecule has 0 unspecified atom stereocenters. The number of alkyl halides is 3. The minimum absolute atomic E-state index is 0. The zero-order chi connectivity index (χ0) is 16.7. The van der Waals surface area contributed by atoms with Crippen molar-refractivity contribution in [2.45, 2.75) is 31.1 Å². The van der Waals surface area contributed by atoms with Gasteiger partial charge < -0.3 is 11.1 Å². The number of nitrogens with one attached hydrogen (secondary N) is 1. The Kier molecular flexibility index (Phi) is 4.91. The Labute approximate surface area is 142 Å². The summed E-state index contributed by atoms with van der Waals surface area (Å²) >= 11 is 0. The van der Waals surface area contributed by atoms with E-state index >= 15 is 0 Å². The van der Waals surface area contributed by atoms with Gasteiger partial charge in [0.25, 0.3) is 0 Å². The highest BCUT2D eigenvalue weighted by Crippen LogP contribution is 2.32. The number of aromatic nitrogens is 2. The van der Waals surface area contributed by atoms with Crippen LogP contribution in [-0.4, -0.2) is 21.2 Å². The van der Waals surface area contributed by atoms with E-state index in [0.29, 0.717) is 25.1 Å². The second kappa shape index (κ2) is 6.45. The molecule has 3 N–H and O–H groups in total. The van der Waals surface area contributed by atoms with Crippen molar-refractivity contribution in [3.8, 4) is 5.69 Å². The minimum atomic E-state index is -4.46. The molecule has 0 saturated heterocycles. The van der Waals surface area contributed by atoms with Crippen LogP contribution in [0.1, 0.15) is 24.1 Å². The predicted molar refractivity (Wildman–Crippen MR) is 83.8 cm³/mol. The lowest BCUT2D eigenvalue weighted by Gasteiger charge is -2.10. The molecule has 0 bridgehead atoms. The third-order valence-electron chi connectivity index (χ3n) is 3.77. The summed E-state index contributed by atoms with van der Waals surface area (Å²) in [5.74, 6) is -0.177. The first-order valence-corrected chi connectivity index (χ1v) is 7.07. The summed E-state index contributed by atoms with van der Waals surface area (Å²) in [6.45, 7) is 0.324. The third-order valence-corrected chi connectivity index (χ3v) is 3.77. The van der Waals surface area contributed by atoms with Gasteiger partial charge in [-0.2, -0.15) is 18.3 Å². The van der Waals surface area contributed by atoms with E-state index in [4.69, 9.17) is 5.73 Å². The number of hydrogen-bond donors (Lipinski definition) is 2. The van der Waals surface area contributed by atoms with Gasteiger partial charge >= 0.3 is 6.18 Å². The van der Waals surface area contributed by atoms with Gasteiger partial charge in [0.05, 0.1) is 11.2 Å². The lowest BCUT2D eigenvalue weighted by atomic mass is 10.2. The quantitative estimate of drug-likeness (QED) is 0.879. The highest BCUT2D eigenvalue weighted by atomic mass is 35.5. The number of nitrogens with two attached hydrogens (primary N) is 1. The summed E-state index contributed by atoms with van der Waals surface area (Å²) in [5, 5.41) is 6.25. The molecule has 1 aliphatic carbocycles. The number of rotatable bonds is 4. The van der Waals surface area contributed by atoms with Crippen LogP contribution in [0.25, 0.3) is 5.69 Å². The fraction of sp³-hybridized carbons (Fsp3) is 0.333. The summed E-state index contributed by atoms with van der Waals surface area (Å²) < 4.78 is 38.8. The normalized spacial score (nSPS) is 15.5. The molecule has 24 heavy (non-hydrogen) atoms. The van der Waals surface area contributed by atoms with Gasteiger partial charge in [0.15, 0.2) is 5.69 Å². The molecule has 3 rings (SSSR count). The Hall–Kier alpha value is -2.06. The van der Waals surface area contributed by atoms with Gasteiger partial charge in [0.1, 0.15) is 0 Å². The third kappa shape index (κ3) is 3.88. The van der Waals surface area contributed by atoms with Crippen molar-refractivity contribution in [1.29, 1.82) is 0 Å². The van der Waals surface area contributed by atoms with Crippen molar-refractivity contribution in [2.75, 3.05) is 0 Å². The average Bonchev–Trinajstić information content (AvgIpc) is 3.06. The minimum Gasteiger partial charge on any atom is -0.350 e. The molecule has 1 aromatic heterocycles. The average molecular weight is 361 g/mol. The van der Waals surface area contributed by atoms with Gasteiger partial charge in [0, 0.05) is 12.7 Å². The number of benzene rings is 1. The Bertz CT molecular complexity index is 723. The first kappa shape index (κ1) is 18.3. The van der Waals surface area contributed by atoms with Crippen LogP contribution in [0.4, 0.5) is 13.2 Å². The Morgan fingerprint density at radius 2 is 1.88 bits per heavy atom. The first-order chi connectivity index (χ1) is 10.8. The van der Waals surface area contributed by atoms with Gasteiger partial charge in [-0.1, -0.05) is 12.1 Å². The van der Waals surface area contributed by atoms with Crippen molar-refractivity contribution in [1.82, 2.24) is 15.1 Å². The molecule has 1 saturated carbocycles. The summed E-state index contributed by atoms with van der Waals surface area (Å²) in [5.41, 5.74) is 5.45. The van der Waals surface area contributed by atoms with Crippen molar-refractivity contribution in [2.24, 2.45) is 5.73 Å². The molecule has 0 radical (unpaired) electrons. The first-order valence-electron chi connectivity index (χ1n) is 7.07. The number of nitrogens with zero attached hydrogens (tertiary/aromatic N) is 2. The van der Waals surface area contributed by atoms with Crippen molar-refractivity contribution in [3.63, 3.8) is 0 Å². The molecule has 1 aromatic carbocycles. The van der Waals surface area contributed by atoms with Gasteiger partial charge in [-0.05, 0) is 36.6 Å². The largest absolute Gasteiger partial charge is 0.435 e. The van der Waals surface area contributed by atoms with Crippen LogP contribution in [0.5, 0.6) is 0 Å². The van der Waals surface area contributed by atoms with E-state index in [1.807, 2.05) is 0 Å². The van der Waals surface area contributed by atoms with Crippen LogP contribution < -0.4 is 11.1 Å². The lowest BCUT2D eigenvalue weighted by molar-refractivity contribution is -0.141. The maximum Gasteiger partial charge on any atom is 0.435 e. The molecule has 2 aromatic rings. The number of hydrogen-bond acceptors (Lipinski definition) is 3. The summed E-state index contributed by atoms with van der Waals surface area (Å²) in [6.07, 6.45) is -1.82. The van der Waals surface area contributed by atoms with E-state index in [2.05, 4.69) is 10.4 Å². The fourth-order valence-corrected chi connectivity index (χ4v) is 2.11. The van der Waals surface area contributed by atoms with Gasteiger partial charge in [-0.15, -0.1) is 12.4 Å². The molecule has 1 aliphatic rings. The van der Waals surface area contributed by atoms with Gasteiger partial charge in [-0.3, -0.25) is 4.79 Å². The highest BCUT2D eigenvalue weighted by Gasteiger charge is 2.45. The summed E-state index contributed by atoms with van der Waals surface area (Å²) in [4.78, 5) is 11.7. The van der Waals surface area contributed by atoms with E-state index in [9.17, 15) is 18.0 Å². The van der Waals surface area contributed by atoms with Crippen LogP contribution >= 0.6 is 12.4 Å². The molecule has 1 amide bonds. The van der Waals surface area contributed by atoms with Crippen LogP contribution in [0.3, 0.4) is 0 Å². The monoisotopic (exact) mass is 360 g/mol. The van der Waals surface area contributed by atoms with Crippen LogP contribution in [0.2, 0.25) is 0 Å². The SMILES string of the molecule is Cl.NC1(C(=O)NCc2ccc(-n3ccc(C(F)(F)F)n3)cc2)CC1. The molecular formula is C15H16ClF3N4O. The second-order valence-corrected chi connectivity index (χ2v) is 5.65. The Morgan fingerprint density at radius 3 is 2.38 bits per heavy atom. The van der Waals surface area contributed by atoms with E-state index in [1.54, 1.807) is 24.3 Å². The second-order valence-electron chi connectivity index (χ2n) is 5.65. The smallest absolute Gasteiger partial charge is 0.350 e. The molecule has 1 heterocycles. The Balaban J connectivity index is 0.00000208. The van der Waals surface area contributed by atoms with Crippen LogP contribution in [0, 0.1) is 0 Å². The molecule has 130 valence electrons. The van der Waals surface area contributed by atoms with Crippen molar-refractivity contribution < 1.29 is 18.0 Å². The fourth-order valence-electron chi connectivity index (χ4n) is 2.11. The maximum absolute atomic E-state index is 12.5. The molecule has 0 aliphatic heterocycles. The van der Waals surface area contributed by atoms with Gasteiger partial charge in [-0.25, -0.2) is 4.68 Å². The summed E-state index contributed by atoms with van der Waals surface area (Å²) in [7, 11) is 0. The predicted octanol–water partition coefficient (Wildman–Crippen LogP) is 2.42. The standard InChI is InChI=1S/C15H15F3N4O.ClH/c16-15(17,18)12-5-8-22(21-12)11-3-1-10(2-4-11)9-20-13(23)14(19)6-7-14;/h1-5,8H,6-7,9,19H2,(H,20,23);1H. The number of carbonyl (C=O) groups is 1. The molecule has 1 fully saturated rings. The zero-order valence-corrected chi connectivity index (χ0v) is 13.3.